The molecule has 0 saturated heterocycles. The van der Waals surface area contributed by atoms with Gasteiger partial charge in [0.05, 0.1) is 5.38 Å². The van der Waals surface area contributed by atoms with Crippen LogP contribution in [0.5, 0.6) is 0 Å². The van der Waals surface area contributed by atoms with Crippen molar-refractivity contribution in [3.63, 3.8) is 0 Å². The van der Waals surface area contributed by atoms with E-state index in [2.05, 4.69) is 67.3 Å². The number of alkyl halides is 1. The number of hydrogen-bond donors (Lipinski definition) is 0. The van der Waals surface area contributed by atoms with Crippen LogP contribution in [0.25, 0.3) is 11.1 Å². The van der Waals surface area contributed by atoms with Gasteiger partial charge < -0.3 is 4.90 Å². The maximum Gasteiger partial charge on any atom is 0.0712 e. The van der Waals surface area contributed by atoms with Gasteiger partial charge in [-0.1, -0.05) is 74.9 Å². The zero-order valence-electron chi connectivity index (χ0n) is 13.6. The van der Waals surface area contributed by atoms with Gasteiger partial charge in [0.1, 0.15) is 0 Å². The maximum atomic E-state index is 6.62. The minimum atomic E-state index is 0.0571. The smallest absolute Gasteiger partial charge is 0.0712 e. The first-order chi connectivity index (χ1) is 10.7. The summed E-state index contributed by atoms with van der Waals surface area (Å²) < 4.78 is 0. The van der Waals surface area contributed by atoms with Crippen LogP contribution in [0.1, 0.15) is 37.6 Å². The molecule has 0 N–H and O–H groups in total. The predicted molar refractivity (Wildman–Crippen MR) is 97.5 cm³/mol. The summed E-state index contributed by atoms with van der Waals surface area (Å²) in [5.41, 5.74) is 3.70. The molecule has 1 nitrogen and oxygen atoms in total. The molecule has 2 heteroatoms. The highest BCUT2D eigenvalue weighted by Crippen LogP contribution is 2.25. The summed E-state index contributed by atoms with van der Waals surface area (Å²) >= 11 is 6.62. The van der Waals surface area contributed by atoms with Crippen LogP contribution in [0.15, 0.2) is 54.6 Å². The van der Waals surface area contributed by atoms with Crippen molar-refractivity contribution in [2.45, 2.75) is 32.1 Å². The first-order valence-corrected chi connectivity index (χ1v) is 8.70. The zero-order valence-corrected chi connectivity index (χ0v) is 14.4. The van der Waals surface area contributed by atoms with Crippen LogP contribution in [-0.2, 0) is 0 Å². The second kappa shape index (κ2) is 8.97. The van der Waals surface area contributed by atoms with E-state index in [-0.39, 0.29) is 5.38 Å². The Balaban J connectivity index is 2.00. The average molecular weight is 316 g/mol. The monoisotopic (exact) mass is 315 g/mol. The normalized spacial score (nSPS) is 12.5. The molecule has 0 amide bonds. The third kappa shape index (κ3) is 4.86. The number of nitrogens with zero attached hydrogens (tertiary/aromatic N) is 1. The second-order valence-electron chi connectivity index (χ2n) is 5.70. The van der Waals surface area contributed by atoms with Gasteiger partial charge in [0.25, 0.3) is 0 Å². The lowest BCUT2D eigenvalue weighted by molar-refractivity contribution is 0.283. The van der Waals surface area contributed by atoms with Crippen molar-refractivity contribution < 1.29 is 0 Å². The first-order valence-electron chi connectivity index (χ1n) is 8.26. The fraction of sp³-hybridized carbons (Fsp3) is 0.400. The number of rotatable bonds is 8. The van der Waals surface area contributed by atoms with Crippen LogP contribution in [0, 0.1) is 0 Å². The summed E-state index contributed by atoms with van der Waals surface area (Å²) in [6, 6.07) is 19.1. The van der Waals surface area contributed by atoms with E-state index in [9.17, 15) is 0 Å². The van der Waals surface area contributed by atoms with Gasteiger partial charge in [-0.15, -0.1) is 11.6 Å². The van der Waals surface area contributed by atoms with Crippen LogP contribution >= 0.6 is 11.6 Å². The largest absolute Gasteiger partial charge is 0.302 e. The van der Waals surface area contributed by atoms with Gasteiger partial charge in [-0.25, -0.2) is 0 Å². The van der Waals surface area contributed by atoms with E-state index in [1.54, 1.807) is 0 Å². The van der Waals surface area contributed by atoms with E-state index in [4.69, 9.17) is 11.6 Å². The molecule has 2 aromatic rings. The van der Waals surface area contributed by atoms with Crippen molar-refractivity contribution in [3.8, 4) is 11.1 Å². The van der Waals surface area contributed by atoms with Crippen molar-refractivity contribution in [1.82, 2.24) is 4.90 Å². The molecule has 0 saturated carbocycles. The highest BCUT2D eigenvalue weighted by Gasteiger charge is 2.12. The summed E-state index contributed by atoms with van der Waals surface area (Å²) in [7, 11) is 0. The first kappa shape index (κ1) is 17.1. The summed E-state index contributed by atoms with van der Waals surface area (Å²) in [5, 5.41) is 0.0571. The molecule has 0 radical (unpaired) electrons. The van der Waals surface area contributed by atoms with Gasteiger partial charge in [0.15, 0.2) is 0 Å². The summed E-state index contributed by atoms with van der Waals surface area (Å²) in [6.45, 7) is 7.55. The molecular weight excluding hydrogens is 290 g/mol. The number of benzene rings is 2. The molecule has 0 spiro atoms. The fourth-order valence-corrected chi connectivity index (χ4v) is 2.95. The number of halogens is 1. The minimum Gasteiger partial charge on any atom is -0.302 e. The summed E-state index contributed by atoms with van der Waals surface area (Å²) in [4.78, 5) is 2.44. The van der Waals surface area contributed by atoms with Gasteiger partial charge in [-0.2, -0.15) is 0 Å². The molecule has 2 rings (SSSR count). The summed E-state index contributed by atoms with van der Waals surface area (Å²) in [6.07, 6.45) is 2.47. The standard InChI is InChI=1S/C20H26ClN/c1-3-5-15-22(4-2)16-20(21)19-13-11-18(12-14-19)17-9-7-6-8-10-17/h6-14,20H,3-5,15-16H2,1-2H3. The van der Waals surface area contributed by atoms with Gasteiger partial charge in [-0.05, 0) is 36.2 Å². The Morgan fingerprint density at radius 3 is 2.14 bits per heavy atom. The lowest BCUT2D eigenvalue weighted by Gasteiger charge is -2.23. The van der Waals surface area contributed by atoms with Crippen molar-refractivity contribution in [3.05, 3.63) is 60.2 Å². The molecule has 0 bridgehead atoms. The van der Waals surface area contributed by atoms with Crippen LogP contribution in [-0.4, -0.2) is 24.5 Å². The van der Waals surface area contributed by atoms with Crippen LogP contribution in [0.3, 0.4) is 0 Å². The number of unbranched alkanes of at least 4 members (excludes halogenated alkanes) is 1. The molecule has 1 unspecified atom stereocenters. The molecular formula is C20H26ClN. The molecule has 1 atom stereocenters. The maximum absolute atomic E-state index is 6.62. The van der Waals surface area contributed by atoms with Gasteiger partial charge in [-0.3, -0.25) is 0 Å². The summed E-state index contributed by atoms with van der Waals surface area (Å²) in [5.74, 6) is 0. The molecule has 0 fully saturated rings. The second-order valence-corrected chi connectivity index (χ2v) is 6.23. The van der Waals surface area contributed by atoms with E-state index in [1.807, 2.05) is 6.07 Å². The van der Waals surface area contributed by atoms with Crippen LogP contribution in [0.2, 0.25) is 0 Å². The Morgan fingerprint density at radius 1 is 0.909 bits per heavy atom. The third-order valence-electron chi connectivity index (χ3n) is 4.07. The van der Waals surface area contributed by atoms with Gasteiger partial charge in [0.2, 0.25) is 0 Å². The lowest BCUT2D eigenvalue weighted by atomic mass is 10.0. The SMILES string of the molecule is CCCCN(CC)CC(Cl)c1ccc(-c2ccccc2)cc1. The van der Waals surface area contributed by atoms with Crippen molar-refractivity contribution in [2.24, 2.45) is 0 Å². The fourth-order valence-electron chi connectivity index (χ4n) is 2.61. The molecule has 2 aromatic carbocycles. The van der Waals surface area contributed by atoms with Gasteiger partial charge in [0, 0.05) is 6.54 Å². The molecule has 118 valence electrons. The lowest BCUT2D eigenvalue weighted by Crippen LogP contribution is -2.28. The molecule has 22 heavy (non-hydrogen) atoms. The third-order valence-corrected chi connectivity index (χ3v) is 4.46. The van der Waals surface area contributed by atoms with Crippen LogP contribution < -0.4 is 0 Å². The Labute approximate surface area is 139 Å². The Hall–Kier alpha value is -1.31. The van der Waals surface area contributed by atoms with E-state index in [0.29, 0.717) is 0 Å². The van der Waals surface area contributed by atoms with E-state index < -0.39 is 0 Å². The molecule has 0 aliphatic carbocycles. The molecule has 0 aliphatic rings. The number of likely N-dealkylation sites (N-methyl/N-ethyl adjacent to an activating group) is 1. The Bertz CT molecular complexity index is 535. The van der Waals surface area contributed by atoms with Crippen molar-refractivity contribution in [1.29, 1.82) is 0 Å². The Morgan fingerprint density at radius 2 is 1.55 bits per heavy atom. The molecule has 0 heterocycles. The zero-order chi connectivity index (χ0) is 15.8. The van der Waals surface area contributed by atoms with E-state index in [0.717, 1.165) is 19.6 Å². The highest BCUT2D eigenvalue weighted by molar-refractivity contribution is 6.21. The Kier molecular flexibility index (Phi) is 6.95. The van der Waals surface area contributed by atoms with Crippen molar-refractivity contribution in [2.75, 3.05) is 19.6 Å². The van der Waals surface area contributed by atoms with Gasteiger partial charge >= 0.3 is 0 Å². The molecule has 0 aliphatic heterocycles. The van der Waals surface area contributed by atoms with Crippen molar-refractivity contribution >= 4 is 11.6 Å². The number of hydrogen-bond acceptors (Lipinski definition) is 1. The highest BCUT2D eigenvalue weighted by atomic mass is 35.5. The van der Waals surface area contributed by atoms with E-state index >= 15 is 0 Å². The molecule has 0 aromatic heterocycles. The predicted octanol–water partition coefficient (Wildman–Crippen LogP) is 5.76. The average Bonchev–Trinajstić information content (AvgIpc) is 2.59. The topological polar surface area (TPSA) is 3.24 Å². The quantitative estimate of drug-likeness (QED) is 0.560. The van der Waals surface area contributed by atoms with E-state index in [1.165, 1.54) is 29.5 Å². The van der Waals surface area contributed by atoms with Crippen LogP contribution in [0.4, 0.5) is 0 Å². The minimum absolute atomic E-state index is 0.0571.